The van der Waals surface area contributed by atoms with Crippen LogP contribution in [0, 0.1) is 0 Å². The SMILES string of the molecule is COc1cc(/C=N/NC(=O)C(=O)Nc2ccc(C(N)=O)cc2)cc(Br)c1OCc1cccc(Cl)c1. The van der Waals surface area contributed by atoms with Gasteiger partial charge in [0.25, 0.3) is 0 Å². The number of rotatable bonds is 8. The molecule has 9 nitrogen and oxygen atoms in total. The highest BCUT2D eigenvalue weighted by Crippen LogP contribution is 2.37. The van der Waals surface area contributed by atoms with Crippen molar-refractivity contribution in [3.8, 4) is 11.5 Å². The van der Waals surface area contributed by atoms with Gasteiger partial charge in [0.15, 0.2) is 11.5 Å². The number of nitrogens with two attached hydrogens (primary N) is 1. The lowest BCUT2D eigenvalue weighted by Crippen LogP contribution is -2.32. The molecule has 0 atom stereocenters. The molecule has 0 aliphatic rings. The average Bonchev–Trinajstić information content (AvgIpc) is 2.83. The molecule has 0 unspecified atom stereocenters. The van der Waals surface area contributed by atoms with E-state index < -0.39 is 17.7 Å². The van der Waals surface area contributed by atoms with Crippen molar-refractivity contribution in [1.29, 1.82) is 0 Å². The minimum atomic E-state index is -0.979. The first-order valence-corrected chi connectivity index (χ1v) is 11.2. The van der Waals surface area contributed by atoms with Gasteiger partial charge in [0.1, 0.15) is 6.61 Å². The van der Waals surface area contributed by atoms with E-state index in [1.165, 1.54) is 37.6 Å². The zero-order chi connectivity index (χ0) is 25.4. The number of hydrogen-bond acceptors (Lipinski definition) is 6. The third kappa shape index (κ3) is 7.29. The first-order chi connectivity index (χ1) is 16.8. The van der Waals surface area contributed by atoms with Gasteiger partial charge >= 0.3 is 11.8 Å². The molecule has 0 spiro atoms. The van der Waals surface area contributed by atoms with Gasteiger partial charge in [-0.1, -0.05) is 23.7 Å². The van der Waals surface area contributed by atoms with Crippen LogP contribution in [0.2, 0.25) is 5.02 Å². The summed E-state index contributed by atoms with van der Waals surface area (Å²) in [5.74, 6) is -1.59. The lowest BCUT2D eigenvalue weighted by Gasteiger charge is -2.13. The first-order valence-electron chi connectivity index (χ1n) is 10.1. The minimum Gasteiger partial charge on any atom is -0.493 e. The Morgan fingerprint density at radius 1 is 1.09 bits per heavy atom. The monoisotopic (exact) mass is 558 g/mol. The van der Waals surface area contributed by atoms with Gasteiger partial charge in [0.05, 0.1) is 17.8 Å². The largest absolute Gasteiger partial charge is 0.493 e. The van der Waals surface area contributed by atoms with Crippen LogP contribution in [0.1, 0.15) is 21.5 Å². The summed E-state index contributed by atoms with van der Waals surface area (Å²) < 4.78 is 11.9. The molecule has 3 amide bonds. The Kier molecular flexibility index (Phi) is 8.82. The number of nitrogens with zero attached hydrogens (tertiary/aromatic N) is 1. The van der Waals surface area contributed by atoms with Gasteiger partial charge in [0.2, 0.25) is 5.91 Å². The molecule has 3 aromatic carbocycles. The number of nitrogens with one attached hydrogen (secondary N) is 2. The van der Waals surface area contributed by atoms with Gasteiger partial charge in [-0.15, -0.1) is 0 Å². The number of primary amides is 1. The van der Waals surface area contributed by atoms with Crippen LogP contribution in [0.3, 0.4) is 0 Å². The van der Waals surface area contributed by atoms with Crippen molar-refractivity contribution in [1.82, 2.24) is 5.43 Å². The van der Waals surface area contributed by atoms with E-state index in [1.54, 1.807) is 24.3 Å². The number of carbonyl (C=O) groups excluding carboxylic acids is 3. The molecule has 0 saturated heterocycles. The smallest absolute Gasteiger partial charge is 0.329 e. The molecule has 4 N–H and O–H groups in total. The highest BCUT2D eigenvalue weighted by molar-refractivity contribution is 9.10. The number of carbonyl (C=O) groups is 3. The fourth-order valence-electron chi connectivity index (χ4n) is 2.86. The summed E-state index contributed by atoms with van der Waals surface area (Å²) in [6, 6.07) is 16.5. The van der Waals surface area contributed by atoms with Crippen LogP contribution in [0.5, 0.6) is 11.5 Å². The molecule has 0 bridgehead atoms. The van der Waals surface area contributed by atoms with Gasteiger partial charge in [0, 0.05) is 16.3 Å². The van der Waals surface area contributed by atoms with Gasteiger partial charge in [-0.05, 0) is 75.6 Å². The molecule has 0 aliphatic carbocycles. The molecule has 0 saturated carbocycles. The van der Waals surface area contributed by atoms with E-state index in [1.807, 2.05) is 12.1 Å². The van der Waals surface area contributed by atoms with E-state index in [4.69, 9.17) is 26.8 Å². The molecule has 11 heteroatoms. The van der Waals surface area contributed by atoms with E-state index >= 15 is 0 Å². The van der Waals surface area contributed by atoms with Crippen molar-refractivity contribution < 1.29 is 23.9 Å². The van der Waals surface area contributed by atoms with Gasteiger partial charge in [-0.25, -0.2) is 5.43 Å². The number of hydrogen-bond donors (Lipinski definition) is 3. The van der Waals surface area contributed by atoms with Crippen LogP contribution >= 0.6 is 27.5 Å². The fourth-order valence-corrected chi connectivity index (χ4v) is 3.65. The summed E-state index contributed by atoms with van der Waals surface area (Å²) >= 11 is 9.46. The molecule has 0 aliphatic heterocycles. The second-order valence-electron chi connectivity index (χ2n) is 7.05. The Labute approximate surface area is 214 Å². The third-order valence-electron chi connectivity index (χ3n) is 4.54. The highest BCUT2D eigenvalue weighted by Gasteiger charge is 2.14. The Morgan fingerprint density at radius 2 is 1.83 bits per heavy atom. The number of hydrazone groups is 1. The lowest BCUT2D eigenvalue weighted by molar-refractivity contribution is -0.136. The van der Waals surface area contributed by atoms with Crippen molar-refractivity contribution in [3.05, 3.63) is 86.8 Å². The number of methoxy groups -OCH3 is 1. The second kappa shape index (κ2) is 12.0. The predicted octanol–water partition coefficient (Wildman–Crippen LogP) is 3.88. The molecule has 35 heavy (non-hydrogen) atoms. The van der Waals surface area contributed by atoms with Crippen molar-refractivity contribution >= 4 is 57.2 Å². The van der Waals surface area contributed by atoms with Crippen molar-refractivity contribution in [2.45, 2.75) is 6.61 Å². The standard InChI is InChI=1S/C24H20BrClN4O5/c1-34-20-11-15(10-19(25)21(20)35-13-14-3-2-4-17(26)9-14)12-28-30-24(33)23(32)29-18-7-5-16(6-8-18)22(27)31/h2-12H,13H2,1H3,(H2,27,31)(H,29,32)(H,30,33)/b28-12+. The fraction of sp³-hybridized carbons (Fsp3) is 0.0833. The molecule has 0 heterocycles. The van der Waals surface area contributed by atoms with Crippen LogP contribution in [0.15, 0.2) is 70.2 Å². The van der Waals surface area contributed by atoms with Crippen molar-refractivity contribution in [2.75, 3.05) is 12.4 Å². The van der Waals surface area contributed by atoms with Crippen LogP contribution < -0.4 is 25.9 Å². The van der Waals surface area contributed by atoms with E-state index in [9.17, 15) is 14.4 Å². The normalized spacial score (nSPS) is 10.6. The number of amides is 3. The molecule has 0 radical (unpaired) electrons. The van der Waals surface area contributed by atoms with Gasteiger partial charge in [-0.3, -0.25) is 14.4 Å². The molecule has 180 valence electrons. The summed E-state index contributed by atoms with van der Waals surface area (Å²) in [6.07, 6.45) is 1.35. The Hall–Kier alpha value is -3.89. The Morgan fingerprint density at radius 3 is 2.49 bits per heavy atom. The maximum Gasteiger partial charge on any atom is 0.329 e. The highest BCUT2D eigenvalue weighted by atomic mass is 79.9. The maximum atomic E-state index is 12.0. The van der Waals surface area contributed by atoms with Gasteiger partial charge in [-0.2, -0.15) is 5.10 Å². The van der Waals surface area contributed by atoms with E-state index in [-0.39, 0.29) is 12.2 Å². The van der Waals surface area contributed by atoms with Crippen molar-refractivity contribution in [2.24, 2.45) is 10.8 Å². The minimum absolute atomic E-state index is 0.277. The summed E-state index contributed by atoms with van der Waals surface area (Å²) in [5, 5.41) is 6.82. The second-order valence-corrected chi connectivity index (χ2v) is 8.34. The summed E-state index contributed by atoms with van der Waals surface area (Å²) in [4.78, 5) is 35.2. The molecular formula is C24H20BrClN4O5. The number of halogens is 2. The van der Waals surface area contributed by atoms with Crippen LogP contribution in [-0.4, -0.2) is 31.0 Å². The number of anilines is 1. The molecule has 0 fully saturated rings. The zero-order valence-corrected chi connectivity index (χ0v) is 20.7. The Balaban J connectivity index is 1.60. The van der Waals surface area contributed by atoms with Crippen molar-refractivity contribution in [3.63, 3.8) is 0 Å². The predicted molar refractivity (Wildman–Crippen MR) is 136 cm³/mol. The molecule has 0 aromatic heterocycles. The molecule has 3 rings (SSSR count). The van der Waals surface area contributed by atoms with Crippen LogP contribution in [-0.2, 0) is 16.2 Å². The molecular weight excluding hydrogens is 540 g/mol. The third-order valence-corrected chi connectivity index (χ3v) is 5.36. The van der Waals surface area contributed by atoms with Crippen LogP contribution in [0.4, 0.5) is 5.69 Å². The number of benzene rings is 3. The average molecular weight is 560 g/mol. The molecule has 3 aromatic rings. The summed E-state index contributed by atoms with van der Waals surface area (Å²) in [5.41, 5.74) is 9.38. The number of ether oxygens (including phenoxy) is 2. The van der Waals surface area contributed by atoms with E-state index in [0.29, 0.717) is 32.2 Å². The maximum absolute atomic E-state index is 12.0. The van der Waals surface area contributed by atoms with Gasteiger partial charge < -0.3 is 20.5 Å². The summed E-state index contributed by atoms with van der Waals surface area (Å²) in [6.45, 7) is 0.277. The summed E-state index contributed by atoms with van der Waals surface area (Å²) in [7, 11) is 1.50. The lowest BCUT2D eigenvalue weighted by atomic mass is 10.2. The first kappa shape index (κ1) is 25.7. The zero-order valence-electron chi connectivity index (χ0n) is 18.4. The quantitative estimate of drug-likeness (QED) is 0.219. The Bertz CT molecular complexity index is 1280. The van der Waals surface area contributed by atoms with E-state index in [2.05, 4.69) is 31.8 Å². The van der Waals surface area contributed by atoms with Crippen LogP contribution in [0.25, 0.3) is 0 Å². The topological polar surface area (TPSA) is 132 Å². The van der Waals surface area contributed by atoms with E-state index in [0.717, 1.165) is 5.56 Å².